The van der Waals surface area contributed by atoms with E-state index in [0.717, 1.165) is 5.56 Å². The van der Waals surface area contributed by atoms with Gasteiger partial charge >= 0.3 is 0 Å². The first-order valence-electron chi connectivity index (χ1n) is 7.05. The summed E-state index contributed by atoms with van der Waals surface area (Å²) >= 11 is 5.97. The van der Waals surface area contributed by atoms with Crippen LogP contribution in [0, 0.1) is 13.8 Å². The van der Waals surface area contributed by atoms with E-state index in [0.29, 0.717) is 28.0 Å². The van der Waals surface area contributed by atoms with Gasteiger partial charge in [-0.25, -0.2) is 9.97 Å². The Labute approximate surface area is 135 Å². The molecule has 1 heterocycles. The molecule has 22 heavy (non-hydrogen) atoms. The number of benzene rings is 1. The SMILES string of the molecule is Cc1nc(NC(C)C)cc(C(=O)Nc2cc(Cl)ccc2C)n1. The van der Waals surface area contributed by atoms with Crippen LogP contribution < -0.4 is 10.6 Å². The lowest BCUT2D eigenvalue weighted by Gasteiger charge is -2.12. The van der Waals surface area contributed by atoms with Gasteiger partial charge in [0.25, 0.3) is 5.91 Å². The Balaban J connectivity index is 2.25. The van der Waals surface area contributed by atoms with E-state index in [9.17, 15) is 4.79 Å². The van der Waals surface area contributed by atoms with E-state index in [1.165, 1.54) is 0 Å². The van der Waals surface area contributed by atoms with Crippen LogP contribution in [0.4, 0.5) is 11.5 Å². The number of rotatable bonds is 4. The summed E-state index contributed by atoms with van der Waals surface area (Å²) < 4.78 is 0. The molecule has 2 aromatic rings. The quantitative estimate of drug-likeness (QED) is 0.899. The Hall–Kier alpha value is -2.14. The first kappa shape index (κ1) is 16.2. The number of aromatic nitrogens is 2. The van der Waals surface area contributed by atoms with Crippen LogP contribution in [0.3, 0.4) is 0 Å². The van der Waals surface area contributed by atoms with Crippen molar-refractivity contribution in [3.05, 3.63) is 46.4 Å². The van der Waals surface area contributed by atoms with Crippen LogP contribution in [0.25, 0.3) is 0 Å². The average Bonchev–Trinajstić information content (AvgIpc) is 2.41. The first-order chi connectivity index (χ1) is 10.3. The highest BCUT2D eigenvalue weighted by Gasteiger charge is 2.12. The predicted octanol–water partition coefficient (Wildman–Crippen LogP) is 3.82. The highest BCUT2D eigenvalue weighted by molar-refractivity contribution is 6.31. The number of aryl methyl sites for hydroxylation is 2. The maximum absolute atomic E-state index is 12.4. The van der Waals surface area contributed by atoms with E-state index in [-0.39, 0.29) is 11.9 Å². The fourth-order valence-electron chi connectivity index (χ4n) is 1.97. The number of carbonyl (C=O) groups is 1. The molecule has 6 heteroatoms. The number of halogens is 1. The maximum Gasteiger partial charge on any atom is 0.274 e. The third-order valence-corrected chi connectivity index (χ3v) is 3.19. The Bertz CT molecular complexity index is 701. The molecule has 0 unspecified atom stereocenters. The fourth-order valence-corrected chi connectivity index (χ4v) is 2.14. The number of anilines is 2. The Morgan fingerprint density at radius 1 is 1.18 bits per heavy atom. The second kappa shape index (κ2) is 6.75. The van der Waals surface area contributed by atoms with Crippen LogP contribution >= 0.6 is 11.6 Å². The summed E-state index contributed by atoms with van der Waals surface area (Å²) in [6.45, 7) is 7.68. The second-order valence-corrected chi connectivity index (χ2v) is 5.83. The molecule has 0 radical (unpaired) electrons. The van der Waals surface area contributed by atoms with Gasteiger partial charge in [0.05, 0.1) is 0 Å². The Morgan fingerprint density at radius 3 is 2.59 bits per heavy atom. The highest BCUT2D eigenvalue weighted by Crippen LogP contribution is 2.21. The first-order valence-corrected chi connectivity index (χ1v) is 7.42. The van der Waals surface area contributed by atoms with Crippen molar-refractivity contribution in [3.63, 3.8) is 0 Å². The van der Waals surface area contributed by atoms with Gasteiger partial charge in [-0.2, -0.15) is 0 Å². The van der Waals surface area contributed by atoms with E-state index >= 15 is 0 Å². The van der Waals surface area contributed by atoms with Gasteiger partial charge in [-0.3, -0.25) is 4.79 Å². The number of hydrogen-bond acceptors (Lipinski definition) is 4. The molecule has 0 aliphatic rings. The van der Waals surface area contributed by atoms with Crippen LogP contribution in [-0.4, -0.2) is 21.9 Å². The van der Waals surface area contributed by atoms with Crippen molar-refractivity contribution in [3.8, 4) is 0 Å². The van der Waals surface area contributed by atoms with Crippen molar-refractivity contribution in [2.24, 2.45) is 0 Å². The molecule has 0 fully saturated rings. The minimum Gasteiger partial charge on any atom is -0.368 e. The molecule has 0 saturated carbocycles. The molecular weight excluding hydrogens is 300 g/mol. The van der Waals surface area contributed by atoms with Gasteiger partial charge in [0.15, 0.2) is 0 Å². The molecule has 0 aliphatic heterocycles. The van der Waals surface area contributed by atoms with E-state index in [1.54, 1.807) is 25.1 Å². The molecule has 0 bridgehead atoms. The summed E-state index contributed by atoms with van der Waals surface area (Å²) in [6.07, 6.45) is 0. The fraction of sp³-hybridized carbons (Fsp3) is 0.312. The Kier molecular flexibility index (Phi) is 4.98. The average molecular weight is 319 g/mol. The van der Waals surface area contributed by atoms with E-state index in [1.807, 2.05) is 26.8 Å². The van der Waals surface area contributed by atoms with Crippen molar-refractivity contribution in [2.75, 3.05) is 10.6 Å². The topological polar surface area (TPSA) is 66.9 Å². The highest BCUT2D eigenvalue weighted by atomic mass is 35.5. The van der Waals surface area contributed by atoms with Crippen LogP contribution in [-0.2, 0) is 0 Å². The summed E-state index contributed by atoms with van der Waals surface area (Å²) in [5.74, 6) is 0.886. The summed E-state index contributed by atoms with van der Waals surface area (Å²) in [7, 11) is 0. The van der Waals surface area contributed by atoms with E-state index in [4.69, 9.17) is 11.6 Å². The molecule has 0 atom stereocenters. The van der Waals surface area contributed by atoms with Crippen molar-refractivity contribution in [2.45, 2.75) is 33.7 Å². The van der Waals surface area contributed by atoms with Crippen molar-refractivity contribution < 1.29 is 4.79 Å². The van der Waals surface area contributed by atoms with E-state index in [2.05, 4.69) is 20.6 Å². The van der Waals surface area contributed by atoms with Gasteiger partial charge in [-0.05, 0) is 45.4 Å². The minimum absolute atomic E-state index is 0.223. The van der Waals surface area contributed by atoms with Crippen molar-refractivity contribution in [1.82, 2.24) is 9.97 Å². The van der Waals surface area contributed by atoms with Crippen molar-refractivity contribution in [1.29, 1.82) is 0 Å². The number of nitrogens with zero attached hydrogens (tertiary/aromatic N) is 2. The largest absolute Gasteiger partial charge is 0.368 e. The summed E-state index contributed by atoms with van der Waals surface area (Å²) in [5.41, 5.74) is 1.92. The molecule has 0 aliphatic carbocycles. The zero-order chi connectivity index (χ0) is 16.3. The minimum atomic E-state index is -0.289. The lowest BCUT2D eigenvalue weighted by molar-refractivity contribution is 0.102. The molecule has 1 aromatic carbocycles. The number of amides is 1. The van der Waals surface area contributed by atoms with Crippen molar-refractivity contribution >= 4 is 29.0 Å². The lowest BCUT2D eigenvalue weighted by Crippen LogP contribution is -2.18. The summed E-state index contributed by atoms with van der Waals surface area (Å²) in [6, 6.07) is 7.22. The second-order valence-electron chi connectivity index (χ2n) is 5.40. The van der Waals surface area contributed by atoms with Crippen LogP contribution in [0.15, 0.2) is 24.3 Å². The van der Waals surface area contributed by atoms with Crippen LogP contribution in [0.5, 0.6) is 0 Å². The number of nitrogens with one attached hydrogen (secondary N) is 2. The van der Waals surface area contributed by atoms with Gasteiger partial charge < -0.3 is 10.6 Å². The molecule has 2 rings (SSSR count). The monoisotopic (exact) mass is 318 g/mol. The smallest absolute Gasteiger partial charge is 0.274 e. The predicted molar refractivity (Wildman–Crippen MR) is 89.7 cm³/mol. The Morgan fingerprint density at radius 2 is 1.91 bits per heavy atom. The van der Waals surface area contributed by atoms with Gasteiger partial charge in [-0.15, -0.1) is 0 Å². The molecule has 116 valence electrons. The zero-order valence-corrected chi connectivity index (χ0v) is 13.8. The summed E-state index contributed by atoms with van der Waals surface area (Å²) in [5, 5.41) is 6.58. The summed E-state index contributed by atoms with van der Waals surface area (Å²) in [4.78, 5) is 20.9. The zero-order valence-electron chi connectivity index (χ0n) is 13.1. The molecule has 1 amide bonds. The lowest BCUT2D eigenvalue weighted by atomic mass is 10.2. The van der Waals surface area contributed by atoms with Crippen LogP contribution in [0.1, 0.15) is 35.7 Å². The molecule has 2 N–H and O–H groups in total. The van der Waals surface area contributed by atoms with Gasteiger partial charge in [0.1, 0.15) is 17.3 Å². The van der Waals surface area contributed by atoms with Gasteiger partial charge in [0, 0.05) is 22.8 Å². The third-order valence-electron chi connectivity index (χ3n) is 2.95. The number of carbonyl (C=O) groups excluding carboxylic acids is 1. The van der Waals surface area contributed by atoms with Crippen LogP contribution in [0.2, 0.25) is 5.02 Å². The molecule has 5 nitrogen and oxygen atoms in total. The maximum atomic E-state index is 12.4. The molecular formula is C16H19ClN4O. The van der Waals surface area contributed by atoms with Gasteiger partial charge in [-0.1, -0.05) is 17.7 Å². The normalized spacial score (nSPS) is 10.6. The molecule has 0 saturated heterocycles. The molecule has 0 spiro atoms. The molecule has 1 aromatic heterocycles. The van der Waals surface area contributed by atoms with Gasteiger partial charge in [0.2, 0.25) is 0 Å². The third kappa shape index (κ3) is 4.18. The van der Waals surface area contributed by atoms with E-state index < -0.39 is 0 Å². The number of hydrogen-bond donors (Lipinski definition) is 2. The standard InChI is InChI=1S/C16H19ClN4O/c1-9(2)18-15-8-14(19-11(4)20-15)16(22)21-13-7-12(17)6-5-10(13)3/h5-9H,1-4H3,(H,21,22)(H,18,19,20).